The molecule has 1 saturated heterocycles. The third-order valence-corrected chi connectivity index (χ3v) is 5.69. The van der Waals surface area contributed by atoms with Crippen LogP contribution in [0.5, 0.6) is 0 Å². The van der Waals surface area contributed by atoms with Crippen molar-refractivity contribution in [1.29, 1.82) is 0 Å². The monoisotopic (exact) mass is 380 g/mol. The van der Waals surface area contributed by atoms with Gasteiger partial charge in [0.25, 0.3) is 11.8 Å². The minimum atomic E-state index is -0.783. The molecule has 0 N–H and O–H groups in total. The standard InChI is InChI=1S/C22H24N2O4/c1-15-9-11-17(12-10-15)24-20(25)14-18(21(24)26)23(16-6-3-2-4-7-16)22(27)19-8-5-13-28-19/h5,8-13,16,18H,2-4,6-7,14H2,1H3. The third kappa shape index (κ3) is 3.35. The highest BCUT2D eigenvalue weighted by Gasteiger charge is 2.47. The van der Waals surface area contributed by atoms with Crippen LogP contribution in [0.2, 0.25) is 0 Å². The molecule has 2 aromatic rings. The van der Waals surface area contributed by atoms with E-state index in [2.05, 4.69) is 0 Å². The van der Waals surface area contributed by atoms with Gasteiger partial charge in [0, 0.05) is 6.04 Å². The van der Waals surface area contributed by atoms with Gasteiger partial charge in [-0.2, -0.15) is 0 Å². The van der Waals surface area contributed by atoms with Gasteiger partial charge in [0.2, 0.25) is 5.91 Å². The van der Waals surface area contributed by atoms with Crippen molar-refractivity contribution in [3.8, 4) is 0 Å². The number of hydrogen-bond donors (Lipinski definition) is 0. The number of benzene rings is 1. The molecule has 1 aromatic heterocycles. The van der Waals surface area contributed by atoms with E-state index in [0.717, 1.165) is 37.7 Å². The first-order chi connectivity index (χ1) is 13.6. The van der Waals surface area contributed by atoms with Crippen molar-refractivity contribution < 1.29 is 18.8 Å². The molecule has 6 heteroatoms. The Morgan fingerprint density at radius 1 is 1.07 bits per heavy atom. The summed E-state index contributed by atoms with van der Waals surface area (Å²) in [7, 11) is 0. The SMILES string of the molecule is Cc1ccc(N2C(=O)CC(N(C(=O)c3ccco3)C3CCCCC3)C2=O)cc1. The van der Waals surface area contributed by atoms with Crippen LogP contribution in [0.1, 0.15) is 54.6 Å². The minimum absolute atomic E-state index is 0.00958. The molecule has 2 heterocycles. The molecule has 1 atom stereocenters. The van der Waals surface area contributed by atoms with Crippen LogP contribution < -0.4 is 4.90 Å². The third-order valence-electron chi connectivity index (χ3n) is 5.69. The highest BCUT2D eigenvalue weighted by atomic mass is 16.3. The van der Waals surface area contributed by atoms with Crippen LogP contribution in [0, 0.1) is 6.92 Å². The maximum absolute atomic E-state index is 13.2. The number of imide groups is 1. The normalized spacial score (nSPS) is 20.6. The molecule has 0 spiro atoms. The number of anilines is 1. The number of furan rings is 1. The summed E-state index contributed by atoms with van der Waals surface area (Å²) in [4.78, 5) is 42.0. The highest BCUT2D eigenvalue weighted by Crippen LogP contribution is 2.32. The predicted octanol–water partition coefficient (Wildman–Crippen LogP) is 3.70. The quantitative estimate of drug-likeness (QED) is 0.759. The number of carbonyl (C=O) groups excluding carboxylic acids is 3. The molecule has 0 bridgehead atoms. The van der Waals surface area contributed by atoms with Crippen molar-refractivity contribution in [3.05, 3.63) is 54.0 Å². The van der Waals surface area contributed by atoms with Crippen molar-refractivity contribution in [3.63, 3.8) is 0 Å². The molecule has 2 fully saturated rings. The average Bonchev–Trinajstić information content (AvgIpc) is 3.33. The van der Waals surface area contributed by atoms with Crippen LogP contribution >= 0.6 is 0 Å². The van der Waals surface area contributed by atoms with Crippen molar-refractivity contribution >= 4 is 23.4 Å². The molecule has 1 saturated carbocycles. The van der Waals surface area contributed by atoms with Gasteiger partial charge in [0.1, 0.15) is 6.04 Å². The lowest BCUT2D eigenvalue weighted by molar-refractivity contribution is -0.123. The van der Waals surface area contributed by atoms with Crippen molar-refractivity contribution in [1.82, 2.24) is 4.90 Å². The van der Waals surface area contributed by atoms with Crippen LogP contribution in [-0.4, -0.2) is 34.7 Å². The summed E-state index contributed by atoms with van der Waals surface area (Å²) in [6.45, 7) is 1.95. The van der Waals surface area contributed by atoms with Gasteiger partial charge in [-0.1, -0.05) is 37.0 Å². The fourth-order valence-electron chi connectivity index (χ4n) is 4.25. The smallest absolute Gasteiger partial charge is 0.290 e. The average molecular weight is 380 g/mol. The van der Waals surface area contributed by atoms with E-state index in [1.807, 2.05) is 19.1 Å². The van der Waals surface area contributed by atoms with Crippen LogP contribution in [0.4, 0.5) is 5.69 Å². The topological polar surface area (TPSA) is 70.8 Å². The molecule has 0 radical (unpaired) electrons. The zero-order chi connectivity index (χ0) is 19.7. The molecular formula is C22H24N2O4. The zero-order valence-corrected chi connectivity index (χ0v) is 16.0. The Morgan fingerprint density at radius 3 is 2.43 bits per heavy atom. The van der Waals surface area contributed by atoms with Crippen LogP contribution in [0.25, 0.3) is 0 Å². The predicted molar refractivity (Wildman–Crippen MR) is 104 cm³/mol. The Hall–Kier alpha value is -2.89. The van der Waals surface area contributed by atoms with Gasteiger partial charge >= 0.3 is 0 Å². The molecule has 6 nitrogen and oxygen atoms in total. The summed E-state index contributed by atoms with van der Waals surface area (Å²) in [6.07, 6.45) is 6.31. The van der Waals surface area contributed by atoms with Gasteiger partial charge in [-0.3, -0.25) is 14.4 Å². The van der Waals surface area contributed by atoms with E-state index in [1.54, 1.807) is 29.2 Å². The second-order valence-corrected chi connectivity index (χ2v) is 7.60. The lowest BCUT2D eigenvalue weighted by atomic mass is 9.92. The van der Waals surface area contributed by atoms with E-state index in [4.69, 9.17) is 4.42 Å². The van der Waals surface area contributed by atoms with Gasteiger partial charge in [0.15, 0.2) is 5.76 Å². The van der Waals surface area contributed by atoms with Gasteiger partial charge in [-0.25, -0.2) is 4.90 Å². The van der Waals surface area contributed by atoms with Crippen molar-refractivity contribution in [2.45, 2.75) is 57.5 Å². The largest absolute Gasteiger partial charge is 0.459 e. The van der Waals surface area contributed by atoms with Crippen LogP contribution in [0.15, 0.2) is 47.1 Å². The Labute approximate surface area is 164 Å². The minimum Gasteiger partial charge on any atom is -0.459 e. The molecule has 1 aromatic carbocycles. The van der Waals surface area contributed by atoms with Crippen molar-refractivity contribution in [2.24, 2.45) is 0 Å². The second-order valence-electron chi connectivity index (χ2n) is 7.60. The first kappa shape index (κ1) is 18.5. The molecular weight excluding hydrogens is 356 g/mol. The molecule has 2 aliphatic rings. The summed E-state index contributed by atoms with van der Waals surface area (Å²) >= 11 is 0. The number of amides is 3. The summed E-state index contributed by atoms with van der Waals surface area (Å²) in [5.74, 6) is -0.709. The molecule has 1 aliphatic carbocycles. The van der Waals surface area contributed by atoms with Crippen LogP contribution in [-0.2, 0) is 9.59 Å². The van der Waals surface area contributed by atoms with E-state index in [-0.39, 0.29) is 35.9 Å². The molecule has 1 unspecified atom stereocenters. The molecule has 28 heavy (non-hydrogen) atoms. The lowest BCUT2D eigenvalue weighted by Gasteiger charge is -2.36. The van der Waals surface area contributed by atoms with Crippen LogP contribution in [0.3, 0.4) is 0 Å². The van der Waals surface area contributed by atoms with Crippen molar-refractivity contribution in [2.75, 3.05) is 4.90 Å². The Morgan fingerprint density at radius 2 is 1.79 bits per heavy atom. The fraction of sp³-hybridized carbons (Fsp3) is 0.409. The van der Waals surface area contributed by atoms with Gasteiger partial charge < -0.3 is 9.32 Å². The summed E-state index contributed by atoms with van der Waals surface area (Å²) < 4.78 is 5.31. The summed E-state index contributed by atoms with van der Waals surface area (Å²) in [6, 6.07) is 9.72. The first-order valence-corrected chi connectivity index (χ1v) is 9.86. The second kappa shape index (κ2) is 7.62. The van der Waals surface area contributed by atoms with E-state index in [9.17, 15) is 14.4 Å². The Kier molecular flexibility index (Phi) is 5.03. The number of hydrogen-bond acceptors (Lipinski definition) is 4. The number of aryl methyl sites for hydroxylation is 1. The van der Waals surface area contributed by atoms with E-state index in [1.165, 1.54) is 11.2 Å². The first-order valence-electron chi connectivity index (χ1n) is 9.86. The number of nitrogens with zero attached hydrogens (tertiary/aromatic N) is 2. The van der Waals surface area contributed by atoms with Gasteiger partial charge in [-0.05, 0) is 44.0 Å². The highest BCUT2D eigenvalue weighted by molar-refractivity contribution is 6.23. The molecule has 4 rings (SSSR count). The summed E-state index contributed by atoms with van der Waals surface area (Å²) in [5.41, 5.74) is 1.60. The molecule has 146 valence electrons. The molecule has 3 amide bonds. The summed E-state index contributed by atoms with van der Waals surface area (Å²) in [5, 5.41) is 0. The maximum Gasteiger partial charge on any atom is 0.290 e. The number of rotatable bonds is 4. The zero-order valence-electron chi connectivity index (χ0n) is 16.0. The Bertz CT molecular complexity index is 866. The van der Waals surface area contributed by atoms with Gasteiger partial charge in [-0.15, -0.1) is 0 Å². The molecule has 1 aliphatic heterocycles. The fourth-order valence-corrected chi connectivity index (χ4v) is 4.25. The van der Waals surface area contributed by atoms with E-state index in [0.29, 0.717) is 5.69 Å². The van der Waals surface area contributed by atoms with E-state index >= 15 is 0 Å². The Balaban J connectivity index is 1.66. The van der Waals surface area contributed by atoms with Gasteiger partial charge in [0.05, 0.1) is 18.4 Å². The lowest BCUT2D eigenvalue weighted by Crippen LogP contribution is -2.51. The van der Waals surface area contributed by atoms with E-state index < -0.39 is 6.04 Å². The number of carbonyl (C=O) groups is 3. The maximum atomic E-state index is 13.2.